The predicted molar refractivity (Wildman–Crippen MR) is 101 cm³/mol. The van der Waals surface area contributed by atoms with E-state index in [0.29, 0.717) is 12.2 Å². The number of likely N-dealkylation sites (N-methyl/N-ethyl adjacent to an activating group) is 1. The fraction of sp³-hybridized carbons (Fsp3) is 0.222. The maximum atomic E-state index is 13.2. The number of carbonyl (C=O) groups excluding carboxylic acids is 1. The number of carbonyl (C=O) groups is 1. The van der Waals surface area contributed by atoms with Crippen LogP contribution in [0.4, 0.5) is 10.1 Å². The largest absolute Gasteiger partial charge is 0.325 e. The standard InChI is InChI=1S/C18H17ClFN3OS/c1-11(18(24)21-12-7-8-14(20)13(19)9-12)23(2)10-17-22-15-5-3-4-6-16(15)25-17/h3-9,11H,10H2,1-2H3,(H,21,24). The summed E-state index contributed by atoms with van der Waals surface area (Å²) in [6.07, 6.45) is 0. The van der Waals surface area contributed by atoms with E-state index in [1.807, 2.05) is 43.1 Å². The quantitative estimate of drug-likeness (QED) is 0.709. The molecule has 1 aromatic heterocycles. The highest BCUT2D eigenvalue weighted by Gasteiger charge is 2.20. The van der Waals surface area contributed by atoms with Crippen LogP contribution in [0.1, 0.15) is 11.9 Å². The molecule has 1 heterocycles. The Balaban J connectivity index is 1.65. The smallest absolute Gasteiger partial charge is 0.241 e. The number of benzene rings is 2. The molecule has 0 saturated carbocycles. The number of nitrogens with zero attached hydrogens (tertiary/aromatic N) is 2. The van der Waals surface area contributed by atoms with E-state index in [4.69, 9.17) is 11.6 Å². The third kappa shape index (κ3) is 4.15. The molecule has 1 unspecified atom stereocenters. The second-order valence-corrected chi connectivity index (χ2v) is 7.31. The molecular formula is C18H17ClFN3OS. The molecule has 0 aliphatic carbocycles. The van der Waals surface area contributed by atoms with Crippen molar-refractivity contribution in [3.63, 3.8) is 0 Å². The number of para-hydroxylation sites is 1. The van der Waals surface area contributed by atoms with Crippen LogP contribution in [0.25, 0.3) is 10.2 Å². The lowest BCUT2D eigenvalue weighted by molar-refractivity contribution is -0.120. The van der Waals surface area contributed by atoms with Gasteiger partial charge in [-0.15, -0.1) is 11.3 Å². The number of fused-ring (bicyclic) bond motifs is 1. The minimum atomic E-state index is -0.513. The van der Waals surface area contributed by atoms with Crippen LogP contribution in [0.3, 0.4) is 0 Å². The van der Waals surface area contributed by atoms with E-state index in [1.54, 1.807) is 11.3 Å². The zero-order valence-corrected chi connectivity index (χ0v) is 15.4. The molecule has 1 atom stereocenters. The number of amides is 1. The Morgan fingerprint density at radius 3 is 2.84 bits per heavy atom. The number of rotatable bonds is 5. The maximum Gasteiger partial charge on any atom is 0.241 e. The summed E-state index contributed by atoms with van der Waals surface area (Å²) >= 11 is 7.36. The van der Waals surface area contributed by atoms with Crippen molar-refractivity contribution in [3.05, 3.63) is 58.3 Å². The van der Waals surface area contributed by atoms with E-state index in [0.717, 1.165) is 15.2 Å². The summed E-state index contributed by atoms with van der Waals surface area (Å²) in [6.45, 7) is 2.38. The van der Waals surface area contributed by atoms with Crippen molar-refractivity contribution in [2.75, 3.05) is 12.4 Å². The Hall–Kier alpha value is -2.02. The third-order valence-corrected chi connectivity index (χ3v) is 5.26. The van der Waals surface area contributed by atoms with E-state index in [1.165, 1.54) is 18.2 Å². The van der Waals surface area contributed by atoms with Gasteiger partial charge in [0.05, 0.1) is 27.8 Å². The van der Waals surface area contributed by atoms with Crippen molar-refractivity contribution >= 4 is 44.7 Å². The summed E-state index contributed by atoms with van der Waals surface area (Å²) < 4.78 is 14.3. The minimum absolute atomic E-state index is 0.0201. The van der Waals surface area contributed by atoms with Crippen LogP contribution >= 0.6 is 22.9 Å². The van der Waals surface area contributed by atoms with Crippen molar-refractivity contribution < 1.29 is 9.18 Å². The summed E-state index contributed by atoms with van der Waals surface area (Å²) in [5.74, 6) is -0.702. The van der Waals surface area contributed by atoms with E-state index in [2.05, 4.69) is 10.3 Å². The van der Waals surface area contributed by atoms with Crippen molar-refractivity contribution in [2.45, 2.75) is 19.5 Å². The Bertz CT molecular complexity index is 881. The van der Waals surface area contributed by atoms with Crippen LogP contribution in [-0.2, 0) is 11.3 Å². The number of hydrogen-bond donors (Lipinski definition) is 1. The van der Waals surface area contributed by atoms with Gasteiger partial charge in [0.2, 0.25) is 5.91 Å². The minimum Gasteiger partial charge on any atom is -0.325 e. The zero-order valence-electron chi connectivity index (χ0n) is 13.8. The summed E-state index contributed by atoms with van der Waals surface area (Å²) in [5, 5.41) is 3.69. The second kappa shape index (κ2) is 7.47. The molecule has 2 aromatic carbocycles. The molecule has 0 aliphatic heterocycles. The summed E-state index contributed by atoms with van der Waals surface area (Å²) in [6, 6.07) is 11.7. The monoisotopic (exact) mass is 377 g/mol. The molecule has 7 heteroatoms. The average molecular weight is 378 g/mol. The van der Waals surface area contributed by atoms with Crippen LogP contribution in [0, 0.1) is 5.82 Å². The van der Waals surface area contributed by atoms with Gasteiger partial charge in [0.25, 0.3) is 0 Å². The van der Waals surface area contributed by atoms with Gasteiger partial charge in [0.1, 0.15) is 10.8 Å². The fourth-order valence-corrected chi connectivity index (χ4v) is 3.57. The molecule has 3 rings (SSSR count). The number of halogens is 2. The molecule has 0 fully saturated rings. The van der Waals surface area contributed by atoms with Gasteiger partial charge in [-0.1, -0.05) is 23.7 Å². The Kier molecular flexibility index (Phi) is 5.32. The normalized spacial score (nSPS) is 12.5. The van der Waals surface area contributed by atoms with Crippen LogP contribution in [0.2, 0.25) is 5.02 Å². The van der Waals surface area contributed by atoms with Crippen molar-refractivity contribution in [1.29, 1.82) is 0 Å². The molecular weight excluding hydrogens is 361 g/mol. The Morgan fingerprint density at radius 2 is 2.12 bits per heavy atom. The van der Waals surface area contributed by atoms with E-state index < -0.39 is 5.82 Å². The van der Waals surface area contributed by atoms with E-state index in [-0.39, 0.29) is 17.0 Å². The first-order valence-corrected chi connectivity index (χ1v) is 8.94. The number of hydrogen-bond acceptors (Lipinski definition) is 4. The highest BCUT2D eigenvalue weighted by atomic mass is 35.5. The van der Waals surface area contributed by atoms with Gasteiger partial charge in [0.15, 0.2) is 0 Å². The van der Waals surface area contributed by atoms with Gasteiger partial charge < -0.3 is 5.32 Å². The Labute approximate surface area is 154 Å². The van der Waals surface area contributed by atoms with Gasteiger partial charge in [0, 0.05) is 5.69 Å². The maximum absolute atomic E-state index is 13.2. The van der Waals surface area contributed by atoms with Crippen molar-refractivity contribution in [1.82, 2.24) is 9.88 Å². The molecule has 3 aromatic rings. The van der Waals surface area contributed by atoms with Gasteiger partial charge in [-0.3, -0.25) is 9.69 Å². The number of anilines is 1. The number of thiazole rings is 1. The molecule has 1 amide bonds. The van der Waals surface area contributed by atoms with Crippen LogP contribution in [-0.4, -0.2) is 28.9 Å². The summed E-state index contributed by atoms with van der Waals surface area (Å²) in [4.78, 5) is 18.9. The van der Waals surface area contributed by atoms with Crippen molar-refractivity contribution in [3.8, 4) is 0 Å². The van der Waals surface area contributed by atoms with Gasteiger partial charge in [-0.25, -0.2) is 9.37 Å². The van der Waals surface area contributed by atoms with Crippen LogP contribution in [0.15, 0.2) is 42.5 Å². The molecule has 25 heavy (non-hydrogen) atoms. The fourth-order valence-electron chi connectivity index (χ4n) is 2.36. The number of aromatic nitrogens is 1. The van der Waals surface area contributed by atoms with Crippen LogP contribution in [0.5, 0.6) is 0 Å². The van der Waals surface area contributed by atoms with Crippen LogP contribution < -0.4 is 5.32 Å². The van der Waals surface area contributed by atoms with Gasteiger partial charge in [-0.05, 0) is 44.3 Å². The zero-order chi connectivity index (χ0) is 18.0. The first kappa shape index (κ1) is 17.8. The van der Waals surface area contributed by atoms with Gasteiger partial charge in [-0.2, -0.15) is 0 Å². The molecule has 0 spiro atoms. The molecule has 4 nitrogen and oxygen atoms in total. The second-order valence-electron chi connectivity index (χ2n) is 5.78. The SMILES string of the molecule is CC(C(=O)Nc1ccc(F)c(Cl)c1)N(C)Cc1nc2ccccc2s1. The molecule has 1 N–H and O–H groups in total. The van der Waals surface area contributed by atoms with Crippen molar-refractivity contribution in [2.24, 2.45) is 0 Å². The molecule has 0 saturated heterocycles. The molecule has 0 aliphatic rings. The van der Waals surface area contributed by atoms with E-state index in [9.17, 15) is 9.18 Å². The number of nitrogens with one attached hydrogen (secondary N) is 1. The highest BCUT2D eigenvalue weighted by Crippen LogP contribution is 2.23. The molecule has 130 valence electrons. The summed E-state index contributed by atoms with van der Waals surface area (Å²) in [5.41, 5.74) is 1.44. The topological polar surface area (TPSA) is 45.2 Å². The summed E-state index contributed by atoms with van der Waals surface area (Å²) in [7, 11) is 1.87. The lowest BCUT2D eigenvalue weighted by Gasteiger charge is -2.22. The average Bonchev–Trinajstić information content (AvgIpc) is 2.99. The third-order valence-electron chi connectivity index (χ3n) is 3.95. The van der Waals surface area contributed by atoms with E-state index >= 15 is 0 Å². The predicted octanol–water partition coefficient (Wildman–Crippen LogP) is 4.55. The molecule has 0 bridgehead atoms. The van der Waals surface area contributed by atoms with Gasteiger partial charge >= 0.3 is 0 Å². The lowest BCUT2D eigenvalue weighted by Crippen LogP contribution is -2.39. The first-order valence-electron chi connectivity index (χ1n) is 7.74. The molecule has 0 radical (unpaired) electrons. The highest BCUT2D eigenvalue weighted by molar-refractivity contribution is 7.18. The lowest BCUT2D eigenvalue weighted by atomic mass is 10.2. The Morgan fingerprint density at radius 1 is 1.36 bits per heavy atom. The first-order chi connectivity index (χ1) is 11.9.